The third kappa shape index (κ3) is 8.23. The summed E-state index contributed by atoms with van der Waals surface area (Å²) < 4.78 is 22.9. The number of rotatable bonds is 10. The van der Waals surface area contributed by atoms with E-state index in [9.17, 15) is 9.59 Å². The maximum atomic E-state index is 13.4. The molecule has 6 nitrogen and oxygen atoms in total. The van der Waals surface area contributed by atoms with Crippen molar-refractivity contribution in [1.29, 1.82) is 0 Å². The molecule has 39 heavy (non-hydrogen) atoms. The standard InChI is InChI=1S/C33H44O6/c1-32(31(35)39-26-24-37-28-15-7-3-8-16-28)18-10-4-11-19-33(22-21-32)20-12-9-17-29(33)30(34)38-25-23-36-27-13-5-2-6-14-27/h2-3,5-8,13-16,29H,4,9-12,17-26H2,1H3. The van der Waals surface area contributed by atoms with Gasteiger partial charge < -0.3 is 18.9 Å². The first-order chi connectivity index (χ1) is 19.0. The number of hydrogen-bond acceptors (Lipinski definition) is 6. The number of carbonyl (C=O) groups is 2. The van der Waals surface area contributed by atoms with E-state index in [0.29, 0.717) is 13.2 Å². The molecule has 2 aromatic carbocycles. The van der Waals surface area contributed by atoms with E-state index in [1.54, 1.807) is 0 Å². The average Bonchev–Trinajstić information content (AvgIpc) is 3.05. The summed E-state index contributed by atoms with van der Waals surface area (Å²) >= 11 is 0. The molecular weight excluding hydrogens is 492 g/mol. The van der Waals surface area contributed by atoms with E-state index in [0.717, 1.165) is 82.1 Å². The van der Waals surface area contributed by atoms with Crippen molar-refractivity contribution in [2.24, 2.45) is 16.7 Å². The van der Waals surface area contributed by atoms with Crippen molar-refractivity contribution in [2.75, 3.05) is 26.4 Å². The Labute approximate surface area is 233 Å². The minimum Gasteiger partial charge on any atom is -0.490 e. The van der Waals surface area contributed by atoms with Gasteiger partial charge in [0.15, 0.2) is 0 Å². The fourth-order valence-corrected chi connectivity index (χ4v) is 6.32. The Morgan fingerprint density at radius 1 is 0.667 bits per heavy atom. The van der Waals surface area contributed by atoms with Crippen LogP contribution in [0.25, 0.3) is 0 Å². The summed E-state index contributed by atoms with van der Waals surface area (Å²) in [4.78, 5) is 26.7. The molecular formula is C33H44O6. The van der Waals surface area contributed by atoms with Gasteiger partial charge in [0, 0.05) is 0 Å². The van der Waals surface area contributed by atoms with Gasteiger partial charge in [-0.05, 0) is 75.1 Å². The molecule has 3 atom stereocenters. The summed E-state index contributed by atoms with van der Waals surface area (Å²) in [5.41, 5.74) is -0.669. The monoisotopic (exact) mass is 536 g/mol. The number of esters is 2. The maximum Gasteiger partial charge on any atom is 0.311 e. The maximum absolute atomic E-state index is 13.4. The van der Waals surface area contributed by atoms with Crippen molar-refractivity contribution in [3.63, 3.8) is 0 Å². The van der Waals surface area contributed by atoms with Crippen molar-refractivity contribution < 1.29 is 28.5 Å². The third-order valence-electron chi connectivity index (χ3n) is 8.68. The topological polar surface area (TPSA) is 71.1 Å². The molecule has 0 saturated heterocycles. The van der Waals surface area contributed by atoms with Gasteiger partial charge in [-0.3, -0.25) is 9.59 Å². The van der Waals surface area contributed by atoms with Crippen LogP contribution in [0.2, 0.25) is 0 Å². The Bertz CT molecular complexity index is 1030. The third-order valence-corrected chi connectivity index (χ3v) is 8.68. The van der Waals surface area contributed by atoms with Gasteiger partial charge in [-0.15, -0.1) is 0 Å². The number of hydrogen-bond donors (Lipinski definition) is 0. The molecule has 0 aliphatic heterocycles. The van der Waals surface area contributed by atoms with Gasteiger partial charge in [-0.1, -0.05) is 68.5 Å². The molecule has 2 aliphatic carbocycles. The summed E-state index contributed by atoms with van der Waals surface area (Å²) in [6, 6.07) is 19.1. The predicted octanol–water partition coefficient (Wildman–Crippen LogP) is 7.16. The number of benzene rings is 2. The van der Waals surface area contributed by atoms with Gasteiger partial charge in [0.05, 0.1) is 11.3 Å². The zero-order valence-corrected chi connectivity index (χ0v) is 23.4. The second kappa shape index (κ2) is 14.4. The molecule has 1 spiro atoms. The lowest BCUT2D eigenvalue weighted by atomic mass is 9.60. The SMILES string of the molecule is CC1(C(=O)OCCOc2ccccc2)CCCCCC2(CCCCC2C(=O)OCCOc2ccccc2)CC1. The molecule has 2 aromatic rings. The first kappa shape index (κ1) is 29.0. The normalized spacial score (nSPS) is 25.5. The number of para-hydroxylation sites is 2. The fourth-order valence-electron chi connectivity index (χ4n) is 6.32. The van der Waals surface area contributed by atoms with Crippen LogP contribution in [0, 0.1) is 16.7 Å². The summed E-state index contributed by atoms with van der Waals surface area (Å²) in [6.45, 7) is 3.19. The highest BCUT2D eigenvalue weighted by Gasteiger charge is 2.47. The highest BCUT2D eigenvalue weighted by atomic mass is 16.6. The summed E-state index contributed by atoms with van der Waals surface area (Å²) in [5.74, 6) is 1.17. The van der Waals surface area contributed by atoms with Crippen molar-refractivity contribution in [2.45, 2.75) is 77.6 Å². The zero-order valence-electron chi connectivity index (χ0n) is 23.4. The molecule has 3 unspecified atom stereocenters. The van der Waals surface area contributed by atoms with Crippen LogP contribution in [0.15, 0.2) is 60.7 Å². The van der Waals surface area contributed by atoms with E-state index < -0.39 is 5.41 Å². The van der Waals surface area contributed by atoms with Gasteiger partial charge in [0.2, 0.25) is 0 Å². The summed E-state index contributed by atoms with van der Waals surface area (Å²) in [6.07, 6.45) is 10.6. The van der Waals surface area contributed by atoms with E-state index in [4.69, 9.17) is 18.9 Å². The van der Waals surface area contributed by atoms with Crippen LogP contribution in [0.4, 0.5) is 0 Å². The molecule has 2 fully saturated rings. The Hall–Kier alpha value is -3.02. The molecule has 0 bridgehead atoms. The lowest BCUT2D eigenvalue weighted by molar-refractivity contribution is -0.159. The molecule has 0 radical (unpaired) electrons. The van der Waals surface area contributed by atoms with E-state index in [-0.39, 0.29) is 36.5 Å². The van der Waals surface area contributed by atoms with Gasteiger partial charge in [-0.25, -0.2) is 0 Å². The molecule has 0 N–H and O–H groups in total. The summed E-state index contributed by atoms with van der Waals surface area (Å²) in [5, 5.41) is 0. The first-order valence-electron chi connectivity index (χ1n) is 14.7. The van der Waals surface area contributed by atoms with Crippen molar-refractivity contribution >= 4 is 11.9 Å². The van der Waals surface area contributed by atoms with Crippen LogP contribution >= 0.6 is 0 Å². The van der Waals surface area contributed by atoms with Gasteiger partial charge in [0.1, 0.15) is 37.9 Å². The number of carbonyl (C=O) groups excluding carboxylic acids is 2. The first-order valence-corrected chi connectivity index (χ1v) is 14.7. The Morgan fingerprint density at radius 3 is 1.87 bits per heavy atom. The van der Waals surface area contributed by atoms with Crippen LogP contribution in [0.3, 0.4) is 0 Å². The van der Waals surface area contributed by atoms with E-state index in [1.807, 2.05) is 67.6 Å². The predicted molar refractivity (Wildman–Crippen MR) is 151 cm³/mol. The largest absolute Gasteiger partial charge is 0.490 e. The molecule has 4 rings (SSSR count). The van der Waals surface area contributed by atoms with Crippen LogP contribution in [0.5, 0.6) is 11.5 Å². The molecule has 2 aliphatic rings. The Morgan fingerprint density at radius 2 is 1.23 bits per heavy atom. The van der Waals surface area contributed by atoms with Crippen molar-refractivity contribution in [3.05, 3.63) is 60.7 Å². The lowest BCUT2D eigenvalue weighted by Crippen LogP contribution is -2.41. The van der Waals surface area contributed by atoms with Gasteiger partial charge in [-0.2, -0.15) is 0 Å². The highest BCUT2D eigenvalue weighted by Crippen LogP contribution is 2.52. The molecule has 212 valence electrons. The minimum atomic E-state index is -0.556. The van der Waals surface area contributed by atoms with E-state index >= 15 is 0 Å². The molecule has 6 heteroatoms. The quantitative estimate of drug-likeness (QED) is 0.237. The summed E-state index contributed by atoms with van der Waals surface area (Å²) in [7, 11) is 0. The van der Waals surface area contributed by atoms with Crippen LogP contribution < -0.4 is 9.47 Å². The second-order valence-corrected chi connectivity index (χ2v) is 11.4. The van der Waals surface area contributed by atoms with E-state index in [1.165, 1.54) is 0 Å². The highest BCUT2D eigenvalue weighted by molar-refractivity contribution is 5.76. The molecule has 0 amide bonds. The molecule has 0 heterocycles. The molecule has 0 aromatic heterocycles. The van der Waals surface area contributed by atoms with Crippen LogP contribution in [-0.4, -0.2) is 38.4 Å². The molecule has 2 saturated carbocycles. The van der Waals surface area contributed by atoms with Crippen molar-refractivity contribution in [3.8, 4) is 11.5 Å². The second-order valence-electron chi connectivity index (χ2n) is 11.4. The smallest absolute Gasteiger partial charge is 0.311 e. The Balaban J connectivity index is 1.32. The van der Waals surface area contributed by atoms with Gasteiger partial charge in [0.25, 0.3) is 0 Å². The van der Waals surface area contributed by atoms with Crippen LogP contribution in [0.1, 0.15) is 77.6 Å². The van der Waals surface area contributed by atoms with Gasteiger partial charge >= 0.3 is 11.9 Å². The van der Waals surface area contributed by atoms with Crippen LogP contribution in [-0.2, 0) is 19.1 Å². The minimum absolute atomic E-state index is 0.104. The Kier molecular flexibility index (Phi) is 10.7. The van der Waals surface area contributed by atoms with E-state index in [2.05, 4.69) is 0 Å². The fraction of sp³-hybridized carbons (Fsp3) is 0.576. The lowest BCUT2D eigenvalue weighted by Gasteiger charge is -2.44. The van der Waals surface area contributed by atoms with Crippen molar-refractivity contribution in [1.82, 2.24) is 0 Å². The number of ether oxygens (including phenoxy) is 4. The zero-order chi connectivity index (χ0) is 27.4. The average molecular weight is 537 g/mol.